The van der Waals surface area contributed by atoms with Crippen LogP contribution in [0.25, 0.3) is 0 Å². The summed E-state index contributed by atoms with van der Waals surface area (Å²) in [6.07, 6.45) is 1.20. The van der Waals surface area contributed by atoms with Crippen LogP contribution in [0.3, 0.4) is 0 Å². The Morgan fingerprint density at radius 1 is 0.949 bits per heavy atom. The minimum Gasteiger partial charge on any atom is -0.495 e. The number of para-hydroxylation sites is 2. The number of rotatable bonds is 12. The van der Waals surface area contributed by atoms with Crippen molar-refractivity contribution in [2.24, 2.45) is 0 Å². The summed E-state index contributed by atoms with van der Waals surface area (Å²) in [6.45, 7) is 1.43. The highest BCUT2D eigenvalue weighted by Gasteiger charge is 2.34. The molecule has 2 amide bonds. The van der Waals surface area contributed by atoms with Gasteiger partial charge < -0.3 is 15.0 Å². The molecule has 0 heterocycles. The van der Waals surface area contributed by atoms with Gasteiger partial charge in [0, 0.05) is 35.1 Å². The molecule has 1 unspecified atom stereocenters. The van der Waals surface area contributed by atoms with Crippen molar-refractivity contribution in [1.82, 2.24) is 10.2 Å². The first-order chi connectivity index (χ1) is 18.6. The molecule has 0 aromatic heterocycles. The van der Waals surface area contributed by atoms with Crippen LogP contribution < -0.4 is 14.4 Å². The third kappa shape index (κ3) is 7.88. The minimum absolute atomic E-state index is 0.116. The number of nitrogens with zero attached hydrogens (tertiary/aromatic N) is 2. The normalized spacial score (nSPS) is 11.9. The van der Waals surface area contributed by atoms with E-state index in [9.17, 15) is 18.0 Å². The van der Waals surface area contributed by atoms with Crippen molar-refractivity contribution in [3.05, 3.63) is 94.0 Å². The molecule has 3 aromatic rings. The van der Waals surface area contributed by atoms with E-state index in [1.165, 1.54) is 12.0 Å². The molecule has 8 nitrogen and oxygen atoms in total. The number of ether oxygens (including phenoxy) is 1. The van der Waals surface area contributed by atoms with Crippen LogP contribution in [-0.2, 0) is 32.6 Å². The molecule has 0 aliphatic rings. The molecule has 0 radical (unpaired) electrons. The summed E-state index contributed by atoms with van der Waals surface area (Å²) in [4.78, 5) is 28.8. The number of hydrogen-bond acceptors (Lipinski definition) is 5. The molecule has 0 bridgehead atoms. The van der Waals surface area contributed by atoms with Gasteiger partial charge in [0.2, 0.25) is 21.8 Å². The number of anilines is 1. The van der Waals surface area contributed by atoms with Gasteiger partial charge in [0.1, 0.15) is 18.3 Å². The van der Waals surface area contributed by atoms with Gasteiger partial charge in [0.15, 0.2) is 0 Å². The Hall–Kier alpha value is -3.27. The van der Waals surface area contributed by atoms with E-state index in [-0.39, 0.29) is 30.3 Å². The van der Waals surface area contributed by atoms with Crippen LogP contribution in [0.2, 0.25) is 10.0 Å². The average Bonchev–Trinajstić information content (AvgIpc) is 2.90. The number of benzene rings is 3. The van der Waals surface area contributed by atoms with Gasteiger partial charge in [-0.2, -0.15) is 0 Å². The van der Waals surface area contributed by atoms with Crippen LogP contribution in [0.15, 0.2) is 72.8 Å². The Bertz CT molecular complexity index is 1380. The highest BCUT2D eigenvalue weighted by Crippen LogP contribution is 2.31. The van der Waals surface area contributed by atoms with Crippen molar-refractivity contribution in [3.63, 3.8) is 0 Å². The highest BCUT2D eigenvalue weighted by atomic mass is 35.5. The third-order valence-electron chi connectivity index (χ3n) is 6.05. The fourth-order valence-electron chi connectivity index (χ4n) is 4.13. The first kappa shape index (κ1) is 30.3. The summed E-state index contributed by atoms with van der Waals surface area (Å²) in [5.41, 5.74) is 1.46. The maximum Gasteiger partial charge on any atom is 0.244 e. The summed E-state index contributed by atoms with van der Waals surface area (Å²) in [7, 11) is -2.52. The zero-order valence-electron chi connectivity index (χ0n) is 21.9. The summed E-state index contributed by atoms with van der Waals surface area (Å²) in [5.74, 6) is -0.725. The number of halogens is 2. The molecule has 0 aliphatic heterocycles. The first-order valence-electron chi connectivity index (χ1n) is 12.2. The Balaban J connectivity index is 2.11. The van der Waals surface area contributed by atoms with Crippen molar-refractivity contribution < 1.29 is 22.7 Å². The quantitative estimate of drug-likeness (QED) is 0.333. The van der Waals surface area contributed by atoms with E-state index in [1.807, 2.05) is 30.3 Å². The molecule has 0 spiro atoms. The number of carbonyl (C=O) groups is 2. The topological polar surface area (TPSA) is 96.0 Å². The predicted octanol–water partition coefficient (Wildman–Crippen LogP) is 4.54. The van der Waals surface area contributed by atoms with E-state index in [1.54, 1.807) is 49.4 Å². The SMILES string of the molecule is CCNC(=O)C(Cc1ccccc1)N(Cc1c(Cl)cccc1Cl)C(=O)CN(c1ccccc1OC)S(C)(=O)=O. The lowest BCUT2D eigenvalue weighted by Gasteiger charge is -2.34. The van der Waals surface area contributed by atoms with E-state index in [0.29, 0.717) is 22.2 Å². The molecule has 0 fully saturated rings. The van der Waals surface area contributed by atoms with Gasteiger partial charge in [0.05, 0.1) is 19.1 Å². The molecule has 208 valence electrons. The smallest absolute Gasteiger partial charge is 0.244 e. The molecule has 0 saturated heterocycles. The third-order valence-corrected chi connectivity index (χ3v) is 7.88. The highest BCUT2D eigenvalue weighted by molar-refractivity contribution is 7.92. The molecule has 0 aliphatic carbocycles. The number of likely N-dealkylation sites (N-methyl/N-ethyl adjacent to an activating group) is 1. The van der Waals surface area contributed by atoms with Gasteiger partial charge in [-0.05, 0) is 36.8 Å². The molecule has 11 heteroatoms. The zero-order chi connectivity index (χ0) is 28.6. The Morgan fingerprint density at radius 2 is 1.56 bits per heavy atom. The van der Waals surface area contributed by atoms with E-state index in [0.717, 1.165) is 16.1 Å². The fraction of sp³-hybridized carbons (Fsp3) is 0.286. The molecule has 1 N–H and O–H groups in total. The summed E-state index contributed by atoms with van der Waals surface area (Å²) in [6, 6.07) is 19.7. The molecule has 3 rings (SSSR count). The number of amides is 2. The van der Waals surface area contributed by atoms with Crippen molar-refractivity contribution in [1.29, 1.82) is 0 Å². The predicted molar refractivity (Wildman–Crippen MR) is 155 cm³/mol. The molecule has 3 aromatic carbocycles. The molecule has 1 atom stereocenters. The number of carbonyl (C=O) groups excluding carboxylic acids is 2. The van der Waals surface area contributed by atoms with Crippen LogP contribution in [-0.4, -0.2) is 57.6 Å². The maximum absolute atomic E-state index is 14.1. The van der Waals surface area contributed by atoms with Crippen molar-refractivity contribution >= 4 is 50.7 Å². The van der Waals surface area contributed by atoms with Crippen LogP contribution >= 0.6 is 23.2 Å². The lowest BCUT2D eigenvalue weighted by atomic mass is 10.0. The van der Waals surface area contributed by atoms with Gasteiger partial charge >= 0.3 is 0 Å². The van der Waals surface area contributed by atoms with Crippen LogP contribution in [0, 0.1) is 0 Å². The summed E-state index contributed by atoms with van der Waals surface area (Å²) >= 11 is 12.9. The molecule has 0 saturated carbocycles. The zero-order valence-corrected chi connectivity index (χ0v) is 24.3. The van der Waals surface area contributed by atoms with Crippen LogP contribution in [0.5, 0.6) is 5.75 Å². The second-order valence-corrected chi connectivity index (χ2v) is 11.5. The number of sulfonamides is 1. The van der Waals surface area contributed by atoms with E-state index in [4.69, 9.17) is 27.9 Å². The second-order valence-electron chi connectivity index (χ2n) is 8.76. The summed E-state index contributed by atoms with van der Waals surface area (Å²) < 4.78 is 32.1. The fourth-order valence-corrected chi connectivity index (χ4v) is 5.50. The Kier molecular flexibility index (Phi) is 10.6. The van der Waals surface area contributed by atoms with Crippen LogP contribution in [0.4, 0.5) is 5.69 Å². The van der Waals surface area contributed by atoms with Gasteiger partial charge in [-0.15, -0.1) is 0 Å². The lowest BCUT2D eigenvalue weighted by Crippen LogP contribution is -2.53. The van der Waals surface area contributed by atoms with Crippen molar-refractivity contribution in [2.45, 2.75) is 25.9 Å². The Morgan fingerprint density at radius 3 is 2.15 bits per heavy atom. The summed E-state index contributed by atoms with van der Waals surface area (Å²) in [5, 5.41) is 3.44. The molecule has 39 heavy (non-hydrogen) atoms. The number of hydrogen-bond donors (Lipinski definition) is 1. The van der Waals surface area contributed by atoms with Crippen molar-refractivity contribution in [3.8, 4) is 5.75 Å². The molecular formula is C28H31Cl2N3O5S. The second kappa shape index (κ2) is 13.7. The van der Waals surface area contributed by atoms with Crippen molar-refractivity contribution in [2.75, 3.05) is 30.8 Å². The van der Waals surface area contributed by atoms with E-state index >= 15 is 0 Å². The first-order valence-corrected chi connectivity index (χ1v) is 14.8. The maximum atomic E-state index is 14.1. The van der Waals surface area contributed by atoms with Crippen LogP contribution in [0.1, 0.15) is 18.1 Å². The lowest BCUT2D eigenvalue weighted by molar-refractivity contribution is -0.140. The standard InChI is InChI=1S/C28H31Cl2N3O5S/c1-4-31-28(35)25(17-20-11-6-5-7-12-20)32(18-21-22(29)13-10-14-23(21)30)27(34)19-33(39(3,36)37)24-15-8-9-16-26(24)38-2/h5-16,25H,4,17-19H2,1-3H3,(H,31,35). The van der Waals surface area contributed by atoms with Gasteiger partial charge in [-0.25, -0.2) is 8.42 Å². The van der Waals surface area contributed by atoms with E-state index in [2.05, 4.69) is 5.32 Å². The largest absolute Gasteiger partial charge is 0.495 e. The minimum atomic E-state index is -3.93. The van der Waals surface area contributed by atoms with E-state index < -0.39 is 28.5 Å². The Labute approximate surface area is 239 Å². The van der Waals surface area contributed by atoms with Gasteiger partial charge in [-0.3, -0.25) is 13.9 Å². The monoisotopic (exact) mass is 591 g/mol. The average molecular weight is 593 g/mol. The van der Waals surface area contributed by atoms with Gasteiger partial charge in [0.25, 0.3) is 0 Å². The number of methoxy groups -OCH3 is 1. The number of nitrogens with one attached hydrogen (secondary N) is 1. The molecular weight excluding hydrogens is 561 g/mol. The van der Waals surface area contributed by atoms with Gasteiger partial charge in [-0.1, -0.05) is 71.7 Å².